The van der Waals surface area contributed by atoms with Crippen LogP contribution in [0.1, 0.15) is 53.0 Å². The Morgan fingerprint density at radius 2 is 1.21 bits per heavy atom. The zero-order chi connectivity index (χ0) is 18.5. The van der Waals surface area contributed by atoms with Crippen molar-refractivity contribution in [2.75, 3.05) is 0 Å². The van der Waals surface area contributed by atoms with Crippen molar-refractivity contribution in [2.24, 2.45) is 0 Å². The fraction of sp³-hybridized carbons (Fsp3) is 0.400. The molecule has 2 aromatic carbocycles. The van der Waals surface area contributed by atoms with Crippen LogP contribution in [0, 0.1) is 0 Å². The van der Waals surface area contributed by atoms with E-state index in [1.807, 2.05) is 46.8 Å². The summed E-state index contributed by atoms with van der Waals surface area (Å²) >= 11 is 0. The molecule has 0 bridgehead atoms. The van der Waals surface area contributed by atoms with Crippen LogP contribution in [0.15, 0.2) is 48.5 Å². The Bertz CT molecular complexity index is 535. The molecule has 0 fully saturated rings. The van der Waals surface area contributed by atoms with Gasteiger partial charge in [-0.3, -0.25) is 0 Å². The molecule has 0 spiro atoms. The Labute approximate surface area is 145 Å². The molecule has 0 aliphatic rings. The van der Waals surface area contributed by atoms with Gasteiger partial charge in [-0.15, -0.1) is 0 Å². The number of rotatable bonds is 5. The molecular formula is C20H30O4. The van der Waals surface area contributed by atoms with E-state index in [1.165, 1.54) is 0 Å². The topological polar surface area (TPSA) is 58.9 Å². The Morgan fingerprint density at radius 3 is 1.67 bits per heavy atom. The van der Waals surface area contributed by atoms with Crippen molar-refractivity contribution in [2.45, 2.75) is 53.6 Å². The molecule has 2 rings (SSSR count). The molecule has 2 aromatic rings. The minimum absolute atomic E-state index is 0.0274. The van der Waals surface area contributed by atoms with Crippen molar-refractivity contribution in [1.29, 1.82) is 0 Å². The summed E-state index contributed by atoms with van der Waals surface area (Å²) in [7, 11) is 0. The monoisotopic (exact) mass is 334 g/mol. The fourth-order valence-electron chi connectivity index (χ4n) is 1.94. The lowest BCUT2D eigenvalue weighted by molar-refractivity contribution is -0.137. The van der Waals surface area contributed by atoms with Crippen LogP contribution >= 0.6 is 0 Å². The molecule has 2 unspecified atom stereocenters. The summed E-state index contributed by atoms with van der Waals surface area (Å²) in [6.45, 7) is 12.1. The first-order valence-corrected chi connectivity index (χ1v) is 8.47. The molecule has 0 heterocycles. The molecule has 2 N–H and O–H groups in total. The number of phenols is 1. The Hall–Kier alpha value is -2.20. The van der Waals surface area contributed by atoms with E-state index in [0.717, 1.165) is 11.3 Å². The molecule has 0 aliphatic heterocycles. The highest BCUT2D eigenvalue weighted by Crippen LogP contribution is 2.26. The predicted octanol–water partition coefficient (Wildman–Crippen LogP) is 5.87. The van der Waals surface area contributed by atoms with E-state index < -0.39 is 0 Å². The number of benzene rings is 2. The standard InChI is InChI=1S/C16H18O4.2C2H6/c1-11(13-3-7-16(20-18)8-4-13)12(2)19-15-9-5-14(17)6-10-15;2*1-2/h3-12,17-18H,1-2H3;2*1-2H3. The minimum atomic E-state index is -0.0274. The second-order valence-corrected chi connectivity index (χ2v) is 4.77. The van der Waals surface area contributed by atoms with Crippen LogP contribution in [0.2, 0.25) is 0 Å². The van der Waals surface area contributed by atoms with Gasteiger partial charge in [-0.05, 0) is 48.9 Å². The molecule has 4 nitrogen and oxygen atoms in total. The van der Waals surface area contributed by atoms with Gasteiger partial charge in [0.2, 0.25) is 0 Å². The third-order valence-electron chi connectivity index (χ3n) is 3.37. The van der Waals surface area contributed by atoms with E-state index in [2.05, 4.69) is 11.8 Å². The van der Waals surface area contributed by atoms with Crippen molar-refractivity contribution in [1.82, 2.24) is 0 Å². The smallest absolute Gasteiger partial charge is 0.165 e. The number of hydrogen-bond acceptors (Lipinski definition) is 4. The number of phenolic OH excluding ortho intramolecular Hbond substituents is 1. The zero-order valence-corrected chi connectivity index (χ0v) is 15.5. The average molecular weight is 334 g/mol. The maximum absolute atomic E-state index is 9.24. The van der Waals surface area contributed by atoms with Crippen LogP contribution in [-0.2, 0) is 0 Å². The highest BCUT2D eigenvalue weighted by Gasteiger charge is 2.16. The van der Waals surface area contributed by atoms with Crippen LogP contribution in [-0.4, -0.2) is 16.5 Å². The maximum atomic E-state index is 9.24. The van der Waals surface area contributed by atoms with Gasteiger partial charge >= 0.3 is 0 Å². The summed E-state index contributed by atoms with van der Waals surface area (Å²) in [6, 6.07) is 13.9. The number of ether oxygens (including phenoxy) is 1. The van der Waals surface area contributed by atoms with Gasteiger partial charge in [-0.25, -0.2) is 5.26 Å². The third-order valence-corrected chi connectivity index (χ3v) is 3.37. The third kappa shape index (κ3) is 6.92. The summed E-state index contributed by atoms with van der Waals surface area (Å²) < 4.78 is 5.85. The van der Waals surface area contributed by atoms with Crippen LogP contribution < -0.4 is 9.62 Å². The summed E-state index contributed by atoms with van der Waals surface area (Å²) in [5.74, 6) is 1.53. The summed E-state index contributed by atoms with van der Waals surface area (Å²) in [6.07, 6.45) is -0.0274. The minimum Gasteiger partial charge on any atom is -0.508 e. The Balaban J connectivity index is 0.00000123. The number of hydrogen-bond donors (Lipinski definition) is 2. The van der Waals surface area contributed by atoms with Crippen molar-refractivity contribution in [3.05, 3.63) is 54.1 Å². The Kier molecular flexibility index (Phi) is 11.1. The Morgan fingerprint density at radius 1 is 0.750 bits per heavy atom. The van der Waals surface area contributed by atoms with Crippen LogP contribution in [0.25, 0.3) is 0 Å². The lowest BCUT2D eigenvalue weighted by Gasteiger charge is -2.22. The van der Waals surface area contributed by atoms with E-state index in [1.54, 1.807) is 36.4 Å². The molecule has 0 saturated carbocycles. The van der Waals surface area contributed by atoms with Gasteiger partial charge in [0.05, 0.1) is 0 Å². The highest BCUT2D eigenvalue weighted by atomic mass is 17.1. The molecule has 0 amide bonds. The van der Waals surface area contributed by atoms with Crippen molar-refractivity contribution in [3.63, 3.8) is 0 Å². The largest absolute Gasteiger partial charge is 0.508 e. The van der Waals surface area contributed by atoms with Gasteiger partial charge < -0.3 is 14.7 Å². The van der Waals surface area contributed by atoms with Crippen LogP contribution in [0.4, 0.5) is 0 Å². The van der Waals surface area contributed by atoms with Gasteiger partial charge in [0, 0.05) is 5.92 Å². The molecule has 2 atom stereocenters. The van der Waals surface area contributed by atoms with Crippen molar-refractivity contribution >= 4 is 0 Å². The first-order chi connectivity index (χ1) is 11.6. The predicted molar refractivity (Wildman–Crippen MR) is 99.0 cm³/mol. The normalized spacial score (nSPS) is 11.8. The van der Waals surface area contributed by atoms with E-state index in [0.29, 0.717) is 5.75 Å². The first kappa shape index (κ1) is 21.8. The van der Waals surface area contributed by atoms with Gasteiger partial charge in [0.1, 0.15) is 17.6 Å². The quantitative estimate of drug-likeness (QED) is 0.530. The molecule has 134 valence electrons. The fourth-order valence-corrected chi connectivity index (χ4v) is 1.94. The van der Waals surface area contributed by atoms with Gasteiger partial charge in [-0.1, -0.05) is 46.8 Å². The van der Waals surface area contributed by atoms with Gasteiger partial charge in [0.25, 0.3) is 0 Å². The summed E-state index contributed by atoms with van der Waals surface area (Å²) in [4.78, 5) is 4.16. The summed E-state index contributed by atoms with van der Waals surface area (Å²) in [5, 5.41) is 17.8. The highest BCUT2D eigenvalue weighted by molar-refractivity contribution is 5.32. The number of aromatic hydroxyl groups is 1. The van der Waals surface area contributed by atoms with Crippen molar-refractivity contribution in [3.8, 4) is 17.2 Å². The molecule has 4 heteroatoms. The van der Waals surface area contributed by atoms with Crippen molar-refractivity contribution < 1.29 is 20.0 Å². The van der Waals surface area contributed by atoms with Gasteiger partial charge in [0.15, 0.2) is 5.75 Å². The molecule has 0 aliphatic carbocycles. The van der Waals surface area contributed by atoms with Crippen LogP contribution in [0.5, 0.6) is 17.2 Å². The molecular weight excluding hydrogens is 304 g/mol. The maximum Gasteiger partial charge on any atom is 0.165 e. The average Bonchev–Trinajstić information content (AvgIpc) is 2.66. The van der Waals surface area contributed by atoms with E-state index >= 15 is 0 Å². The SMILES string of the molecule is CC.CC.CC(Oc1ccc(O)cc1)C(C)c1ccc(OO)cc1. The second kappa shape index (κ2) is 12.3. The first-order valence-electron chi connectivity index (χ1n) is 8.47. The van der Waals surface area contributed by atoms with E-state index in [-0.39, 0.29) is 17.8 Å². The molecule has 0 saturated heterocycles. The second-order valence-electron chi connectivity index (χ2n) is 4.77. The van der Waals surface area contributed by atoms with Gasteiger partial charge in [-0.2, -0.15) is 0 Å². The van der Waals surface area contributed by atoms with Crippen LogP contribution in [0.3, 0.4) is 0 Å². The summed E-state index contributed by atoms with van der Waals surface area (Å²) in [5.41, 5.74) is 1.09. The molecule has 0 radical (unpaired) electrons. The molecule has 24 heavy (non-hydrogen) atoms. The molecule has 0 aromatic heterocycles. The van der Waals surface area contributed by atoms with E-state index in [4.69, 9.17) is 9.99 Å². The zero-order valence-electron chi connectivity index (χ0n) is 15.5. The lowest BCUT2D eigenvalue weighted by atomic mass is 9.96. The lowest BCUT2D eigenvalue weighted by Crippen LogP contribution is -2.19. The van der Waals surface area contributed by atoms with E-state index in [9.17, 15) is 5.11 Å².